The summed E-state index contributed by atoms with van der Waals surface area (Å²) in [5.41, 5.74) is 0.789. The summed E-state index contributed by atoms with van der Waals surface area (Å²) >= 11 is 10.8. The standard InChI is InChI=1S/C23H21BrClFN2O3S2/c24-17-6-4-7-18(14-17)28(33(30,31)19-8-2-1-3-9-19)15-23(29)27-12-13-32-16-20-21(25)10-5-11-22(20)26/h1-11,14H,12-13,15-16H2,(H,27,29). The number of halogens is 3. The molecule has 1 N–H and O–H groups in total. The van der Waals surface area contributed by atoms with Gasteiger partial charge in [0.15, 0.2) is 0 Å². The summed E-state index contributed by atoms with van der Waals surface area (Å²) in [6.45, 7) is -0.0786. The number of hydrogen-bond acceptors (Lipinski definition) is 4. The van der Waals surface area contributed by atoms with E-state index in [1.165, 1.54) is 30.0 Å². The Balaban J connectivity index is 1.63. The zero-order chi connectivity index (χ0) is 23.8. The van der Waals surface area contributed by atoms with Gasteiger partial charge in [0, 0.05) is 33.1 Å². The molecule has 0 aliphatic carbocycles. The van der Waals surface area contributed by atoms with Gasteiger partial charge in [-0.25, -0.2) is 12.8 Å². The van der Waals surface area contributed by atoms with Gasteiger partial charge >= 0.3 is 0 Å². The lowest BCUT2D eigenvalue weighted by molar-refractivity contribution is -0.119. The third kappa shape index (κ3) is 6.96. The van der Waals surface area contributed by atoms with Crippen LogP contribution in [0.2, 0.25) is 5.02 Å². The van der Waals surface area contributed by atoms with Crippen molar-refractivity contribution in [2.75, 3.05) is 23.1 Å². The summed E-state index contributed by atoms with van der Waals surface area (Å²) < 4.78 is 42.1. The summed E-state index contributed by atoms with van der Waals surface area (Å²) in [6, 6.07) is 19.2. The molecule has 0 radical (unpaired) electrons. The van der Waals surface area contributed by atoms with Gasteiger partial charge in [-0.15, -0.1) is 0 Å². The Bertz CT molecular complexity index is 1190. The van der Waals surface area contributed by atoms with Crippen molar-refractivity contribution in [1.82, 2.24) is 5.32 Å². The van der Waals surface area contributed by atoms with E-state index in [1.54, 1.807) is 54.6 Å². The van der Waals surface area contributed by atoms with Crippen molar-refractivity contribution < 1.29 is 17.6 Å². The van der Waals surface area contributed by atoms with Gasteiger partial charge in [0.1, 0.15) is 12.4 Å². The first-order valence-corrected chi connectivity index (χ1v) is 13.7. The predicted octanol–water partition coefficient (Wildman–Crippen LogP) is 5.49. The number of thioether (sulfide) groups is 1. The van der Waals surface area contributed by atoms with Crippen molar-refractivity contribution >= 4 is 60.9 Å². The van der Waals surface area contributed by atoms with E-state index in [2.05, 4.69) is 21.2 Å². The van der Waals surface area contributed by atoms with Crippen molar-refractivity contribution in [2.24, 2.45) is 0 Å². The normalized spacial score (nSPS) is 11.2. The van der Waals surface area contributed by atoms with E-state index in [9.17, 15) is 17.6 Å². The molecule has 5 nitrogen and oxygen atoms in total. The molecule has 33 heavy (non-hydrogen) atoms. The smallest absolute Gasteiger partial charge is 0.264 e. The largest absolute Gasteiger partial charge is 0.354 e. The Labute approximate surface area is 210 Å². The molecule has 0 aliphatic rings. The first-order valence-electron chi connectivity index (χ1n) is 9.90. The van der Waals surface area contributed by atoms with Gasteiger partial charge in [0.25, 0.3) is 10.0 Å². The minimum absolute atomic E-state index is 0.0927. The zero-order valence-corrected chi connectivity index (χ0v) is 21.4. The fourth-order valence-electron chi connectivity index (χ4n) is 2.96. The molecule has 0 atom stereocenters. The number of hydrogen-bond donors (Lipinski definition) is 1. The van der Waals surface area contributed by atoms with Gasteiger partial charge in [0.05, 0.1) is 10.6 Å². The maximum Gasteiger partial charge on any atom is 0.264 e. The second-order valence-corrected chi connectivity index (χ2v) is 11.2. The minimum atomic E-state index is -3.96. The van der Waals surface area contributed by atoms with E-state index >= 15 is 0 Å². The maximum atomic E-state index is 13.8. The first-order chi connectivity index (χ1) is 15.8. The van der Waals surface area contributed by atoms with E-state index in [1.807, 2.05) is 0 Å². The third-order valence-electron chi connectivity index (χ3n) is 4.59. The van der Waals surface area contributed by atoms with Gasteiger partial charge < -0.3 is 5.32 Å². The van der Waals surface area contributed by atoms with Crippen LogP contribution in [0, 0.1) is 5.82 Å². The van der Waals surface area contributed by atoms with E-state index in [4.69, 9.17) is 11.6 Å². The molecule has 0 spiro atoms. The minimum Gasteiger partial charge on any atom is -0.354 e. The molecule has 3 aromatic carbocycles. The number of nitrogens with one attached hydrogen (secondary N) is 1. The number of anilines is 1. The Hall–Kier alpha value is -2.07. The molecule has 10 heteroatoms. The second kappa shape index (κ2) is 11.9. The maximum absolute atomic E-state index is 13.8. The molecule has 3 aromatic rings. The summed E-state index contributed by atoms with van der Waals surface area (Å²) in [5.74, 6) is 0.0703. The molecule has 1 amide bonds. The van der Waals surface area contributed by atoms with Crippen LogP contribution in [0.15, 0.2) is 82.2 Å². The highest BCUT2D eigenvalue weighted by Gasteiger charge is 2.27. The average Bonchev–Trinajstić information content (AvgIpc) is 2.79. The number of carbonyl (C=O) groups is 1. The summed E-state index contributed by atoms with van der Waals surface area (Å²) in [6.07, 6.45) is 0. The lowest BCUT2D eigenvalue weighted by atomic mass is 10.2. The Morgan fingerprint density at radius 1 is 1.06 bits per heavy atom. The molecule has 0 saturated carbocycles. The number of rotatable bonds is 10. The van der Waals surface area contributed by atoms with Crippen molar-refractivity contribution in [2.45, 2.75) is 10.6 Å². The van der Waals surface area contributed by atoms with Crippen molar-refractivity contribution in [3.05, 3.63) is 93.7 Å². The number of nitrogens with zero attached hydrogens (tertiary/aromatic N) is 1. The molecular weight excluding hydrogens is 551 g/mol. The number of benzene rings is 3. The van der Waals surface area contributed by atoms with Crippen LogP contribution in [0.5, 0.6) is 0 Å². The Kier molecular flexibility index (Phi) is 9.19. The highest BCUT2D eigenvalue weighted by molar-refractivity contribution is 9.10. The van der Waals surface area contributed by atoms with Crippen LogP contribution in [0.25, 0.3) is 0 Å². The fraction of sp³-hybridized carbons (Fsp3) is 0.174. The first kappa shape index (κ1) is 25.6. The summed E-state index contributed by atoms with van der Waals surface area (Å²) in [5, 5.41) is 3.10. The molecule has 0 aliphatic heterocycles. The average molecular weight is 572 g/mol. The predicted molar refractivity (Wildman–Crippen MR) is 136 cm³/mol. The topological polar surface area (TPSA) is 66.5 Å². The third-order valence-corrected chi connectivity index (χ3v) is 8.21. The van der Waals surface area contributed by atoms with Gasteiger partial charge in [-0.05, 0) is 42.5 Å². The highest BCUT2D eigenvalue weighted by Crippen LogP contribution is 2.26. The van der Waals surface area contributed by atoms with Crippen LogP contribution in [0.4, 0.5) is 10.1 Å². The molecular formula is C23H21BrClFN2O3S2. The highest BCUT2D eigenvalue weighted by atomic mass is 79.9. The van der Waals surface area contributed by atoms with Crippen molar-refractivity contribution in [3.8, 4) is 0 Å². The zero-order valence-electron chi connectivity index (χ0n) is 17.4. The molecule has 3 rings (SSSR count). The lowest BCUT2D eigenvalue weighted by Gasteiger charge is -2.24. The van der Waals surface area contributed by atoms with Crippen LogP contribution in [0.3, 0.4) is 0 Å². The molecule has 0 bridgehead atoms. The number of carbonyl (C=O) groups excluding carboxylic acids is 1. The van der Waals surface area contributed by atoms with Crippen molar-refractivity contribution in [3.63, 3.8) is 0 Å². The number of sulfonamides is 1. The van der Waals surface area contributed by atoms with Crippen LogP contribution in [-0.4, -0.2) is 33.2 Å². The molecule has 0 unspecified atom stereocenters. The van der Waals surface area contributed by atoms with E-state index < -0.39 is 15.9 Å². The van der Waals surface area contributed by atoms with Crippen LogP contribution in [0.1, 0.15) is 5.56 Å². The molecule has 0 heterocycles. The van der Waals surface area contributed by atoms with Crippen LogP contribution < -0.4 is 9.62 Å². The van der Waals surface area contributed by atoms with Crippen LogP contribution in [-0.2, 0) is 20.6 Å². The Morgan fingerprint density at radius 3 is 2.48 bits per heavy atom. The van der Waals surface area contributed by atoms with Crippen molar-refractivity contribution in [1.29, 1.82) is 0 Å². The van der Waals surface area contributed by atoms with Gasteiger partial charge in [-0.3, -0.25) is 9.10 Å². The monoisotopic (exact) mass is 570 g/mol. The molecule has 0 fully saturated rings. The number of amides is 1. The Morgan fingerprint density at radius 2 is 1.79 bits per heavy atom. The SMILES string of the molecule is O=C(CN(c1cccc(Br)c1)S(=O)(=O)c1ccccc1)NCCSCc1c(F)cccc1Cl. The summed E-state index contributed by atoms with van der Waals surface area (Å²) in [4.78, 5) is 12.7. The quantitative estimate of drug-likeness (QED) is 0.327. The lowest BCUT2D eigenvalue weighted by Crippen LogP contribution is -2.41. The van der Waals surface area contributed by atoms with Gasteiger partial charge in [-0.1, -0.05) is 57.9 Å². The molecule has 174 valence electrons. The molecule has 0 aromatic heterocycles. The second-order valence-electron chi connectivity index (χ2n) is 6.91. The van der Waals surface area contributed by atoms with Gasteiger partial charge in [-0.2, -0.15) is 11.8 Å². The molecule has 0 saturated heterocycles. The summed E-state index contributed by atoms with van der Waals surface area (Å²) in [7, 11) is -3.96. The van der Waals surface area contributed by atoms with E-state index in [0.29, 0.717) is 38.8 Å². The van der Waals surface area contributed by atoms with Gasteiger partial charge in [0.2, 0.25) is 5.91 Å². The van der Waals surface area contributed by atoms with E-state index in [0.717, 1.165) is 4.31 Å². The van der Waals surface area contributed by atoms with E-state index in [-0.39, 0.29) is 17.3 Å². The fourth-order valence-corrected chi connectivity index (χ4v) is 5.98. The van der Waals surface area contributed by atoms with Crippen LogP contribution >= 0.6 is 39.3 Å².